The molecule has 0 fully saturated rings. The maximum absolute atomic E-state index is 13.5. The number of aromatic nitrogens is 2. The third kappa shape index (κ3) is 3.01. The second-order valence-corrected chi connectivity index (χ2v) is 9.62. The summed E-state index contributed by atoms with van der Waals surface area (Å²) in [5.41, 5.74) is 9.53. The van der Waals surface area contributed by atoms with Crippen molar-refractivity contribution in [1.29, 1.82) is 0 Å². The van der Waals surface area contributed by atoms with Gasteiger partial charge in [0.25, 0.3) is 5.56 Å². The van der Waals surface area contributed by atoms with Crippen LogP contribution in [0.2, 0.25) is 0 Å². The summed E-state index contributed by atoms with van der Waals surface area (Å²) in [5.74, 6) is -0.722. The van der Waals surface area contributed by atoms with E-state index in [9.17, 15) is 14.7 Å². The molecule has 0 aliphatic carbocycles. The van der Waals surface area contributed by atoms with Crippen molar-refractivity contribution in [3.8, 4) is 11.4 Å². The summed E-state index contributed by atoms with van der Waals surface area (Å²) in [6.07, 6.45) is 0.113. The Morgan fingerprint density at radius 1 is 1.21 bits per heavy atom. The Morgan fingerprint density at radius 2 is 1.94 bits per heavy atom. The number of carbonyl (C=O) groups excluding carboxylic acids is 1. The summed E-state index contributed by atoms with van der Waals surface area (Å²) in [6, 6.07) is 5.66. The van der Waals surface area contributed by atoms with Crippen LogP contribution in [0.15, 0.2) is 23.0 Å². The van der Waals surface area contributed by atoms with Gasteiger partial charge in [0.15, 0.2) is 5.60 Å². The van der Waals surface area contributed by atoms with Gasteiger partial charge in [-0.2, -0.15) is 0 Å². The van der Waals surface area contributed by atoms with E-state index in [-0.39, 0.29) is 18.6 Å². The van der Waals surface area contributed by atoms with Crippen molar-refractivity contribution in [3.63, 3.8) is 0 Å². The molecule has 0 bridgehead atoms. The third-order valence-corrected chi connectivity index (χ3v) is 7.79. The van der Waals surface area contributed by atoms with E-state index >= 15 is 0 Å². The molecule has 1 aromatic carbocycles. The quantitative estimate of drug-likeness (QED) is 0.224. The number of anilines is 2. The minimum atomic E-state index is -1.84. The molecule has 2 aliphatic heterocycles. The smallest absolute Gasteiger partial charge is 0.343 e. The van der Waals surface area contributed by atoms with Crippen LogP contribution in [-0.4, -0.2) is 33.7 Å². The molecule has 3 aromatic rings. The van der Waals surface area contributed by atoms with Crippen LogP contribution in [0, 0.1) is 3.57 Å². The first-order valence-electron chi connectivity index (χ1n) is 11.1. The summed E-state index contributed by atoms with van der Waals surface area (Å²) in [7, 11) is 0. The van der Waals surface area contributed by atoms with Gasteiger partial charge in [-0.25, -0.2) is 9.78 Å². The first-order valence-corrected chi connectivity index (χ1v) is 12.2. The van der Waals surface area contributed by atoms with E-state index in [2.05, 4.69) is 41.3 Å². The second-order valence-electron chi connectivity index (χ2n) is 8.45. The van der Waals surface area contributed by atoms with Crippen molar-refractivity contribution in [2.75, 3.05) is 23.7 Å². The number of aliphatic hydroxyl groups is 1. The lowest BCUT2D eigenvalue weighted by Crippen LogP contribution is -2.44. The number of hydrogen-bond donors (Lipinski definition) is 2. The number of rotatable bonds is 4. The molecule has 2 aromatic heterocycles. The van der Waals surface area contributed by atoms with Crippen LogP contribution in [0.1, 0.15) is 43.9 Å². The summed E-state index contributed by atoms with van der Waals surface area (Å²) in [4.78, 5) is 33.1. The number of cyclic esters (lactones) is 1. The normalized spacial score (nSPS) is 18.6. The molecular weight excluding hydrogens is 535 g/mol. The summed E-state index contributed by atoms with van der Waals surface area (Å²) >= 11 is 2.20. The van der Waals surface area contributed by atoms with Gasteiger partial charge in [-0.1, -0.05) is 6.92 Å². The number of nitrogen functional groups attached to an aromatic ring is 1. The van der Waals surface area contributed by atoms with Crippen LogP contribution >= 0.6 is 22.6 Å². The van der Waals surface area contributed by atoms with Crippen molar-refractivity contribution in [2.45, 2.75) is 45.9 Å². The van der Waals surface area contributed by atoms with Gasteiger partial charge < -0.3 is 25.0 Å². The van der Waals surface area contributed by atoms with Crippen molar-refractivity contribution >= 4 is 50.8 Å². The zero-order chi connectivity index (χ0) is 23.7. The molecule has 5 rings (SSSR count). The predicted molar refractivity (Wildman–Crippen MR) is 135 cm³/mol. The van der Waals surface area contributed by atoms with E-state index in [4.69, 9.17) is 15.5 Å². The Bertz CT molecular complexity index is 1400. The first-order chi connectivity index (χ1) is 15.7. The van der Waals surface area contributed by atoms with Crippen molar-refractivity contribution in [1.82, 2.24) is 9.55 Å². The van der Waals surface area contributed by atoms with Gasteiger partial charge in [-0.05, 0) is 61.1 Å². The number of nitrogens with zero attached hydrogens (tertiary/aromatic N) is 3. The van der Waals surface area contributed by atoms with Crippen molar-refractivity contribution < 1.29 is 14.6 Å². The summed E-state index contributed by atoms with van der Waals surface area (Å²) < 4.78 is 7.75. The number of halogens is 1. The van der Waals surface area contributed by atoms with Gasteiger partial charge in [0.05, 0.1) is 34.7 Å². The van der Waals surface area contributed by atoms with E-state index in [0.29, 0.717) is 34.7 Å². The average molecular weight is 560 g/mol. The van der Waals surface area contributed by atoms with E-state index in [1.165, 1.54) is 0 Å². The number of benzene rings is 1. The van der Waals surface area contributed by atoms with Gasteiger partial charge in [-0.15, -0.1) is 0 Å². The molecule has 4 heterocycles. The Balaban J connectivity index is 1.86. The molecule has 2 aliphatic rings. The lowest BCUT2D eigenvalue weighted by atomic mass is 9.86. The van der Waals surface area contributed by atoms with Gasteiger partial charge in [-0.3, -0.25) is 4.79 Å². The molecule has 9 heteroatoms. The number of carbonyl (C=O) groups is 1. The van der Waals surface area contributed by atoms with Crippen LogP contribution in [0.5, 0.6) is 0 Å². The Labute approximate surface area is 204 Å². The number of ether oxygens (including phenoxy) is 1. The molecule has 3 N–H and O–H groups in total. The zero-order valence-electron chi connectivity index (χ0n) is 18.7. The molecule has 0 saturated carbocycles. The highest BCUT2D eigenvalue weighted by molar-refractivity contribution is 14.1. The Morgan fingerprint density at radius 3 is 2.61 bits per heavy atom. The van der Waals surface area contributed by atoms with E-state index in [0.717, 1.165) is 38.8 Å². The molecule has 172 valence electrons. The standard InChI is InChI=1S/C24H25IN4O4/c1-4-24(32)15-8-19-20-13(10-29(19)22(30)14(15)11-33-23(24)31)21(28(5-2)6-3)12-7-17(26)16(25)9-18(12)27-20/h7-9,32H,4-6,10-11,26H2,1-3H3/t24-/m0/s1. The van der Waals surface area contributed by atoms with Gasteiger partial charge in [0.2, 0.25) is 0 Å². The monoisotopic (exact) mass is 560 g/mol. The van der Waals surface area contributed by atoms with Crippen LogP contribution in [0.3, 0.4) is 0 Å². The topological polar surface area (TPSA) is 111 Å². The highest BCUT2D eigenvalue weighted by Crippen LogP contribution is 2.43. The minimum absolute atomic E-state index is 0.113. The molecule has 33 heavy (non-hydrogen) atoms. The molecule has 0 spiro atoms. The van der Waals surface area contributed by atoms with E-state index in [1.807, 2.05) is 12.1 Å². The van der Waals surface area contributed by atoms with Gasteiger partial charge in [0, 0.05) is 38.9 Å². The van der Waals surface area contributed by atoms with Crippen LogP contribution in [-0.2, 0) is 28.3 Å². The van der Waals surface area contributed by atoms with Crippen LogP contribution in [0.25, 0.3) is 22.3 Å². The largest absolute Gasteiger partial charge is 0.458 e. The Hall–Kier alpha value is -2.66. The number of fused-ring (bicyclic) bond motifs is 5. The van der Waals surface area contributed by atoms with E-state index in [1.54, 1.807) is 17.6 Å². The first kappa shape index (κ1) is 22.1. The summed E-state index contributed by atoms with van der Waals surface area (Å²) in [5, 5.41) is 12.0. The average Bonchev–Trinajstić information content (AvgIpc) is 3.16. The number of pyridine rings is 2. The fraction of sp³-hybridized carbons (Fsp3) is 0.375. The number of nitrogens with two attached hydrogens (primary N) is 1. The third-order valence-electron chi connectivity index (χ3n) is 6.86. The zero-order valence-corrected chi connectivity index (χ0v) is 20.9. The minimum Gasteiger partial charge on any atom is -0.458 e. The van der Waals surface area contributed by atoms with Crippen molar-refractivity contribution in [3.05, 3.63) is 48.8 Å². The highest BCUT2D eigenvalue weighted by atomic mass is 127. The highest BCUT2D eigenvalue weighted by Gasteiger charge is 2.45. The summed E-state index contributed by atoms with van der Waals surface area (Å²) in [6.45, 7) is 7.67. The molecule has 0 unspecified atom stereocenters. The van der Waals surface area contributed by atoms with Crippen LogP contribution in [0.4, 0.5) is 11.4 Å². The second kappa shape index (κ2) is 7.69. The maximum atomic E-state index is 13.5. The van der Waals surface area contributed by atoms with Gasteiger partial charge >= 0.3 is 5.97 Å². The SMILES string of the molecule is CCN(CC)c1c2c(nc3cc(I)c(N)cc13)-c1cc3c(c(=O)n1C2)COC(=O)[C@]3(O)CC. The Kier molecular flexibility index (Phi) is 5.16. The molecule has 8 nitrogen and oxygen atoms in total. The van der Waals surface area contributed by atoms with E-state index < -0.39 is 11.6 Å². The fourth-order valence-corrected chi connectivity index (χ4v) is 5.45. The molecular formula is C24H25IN4O4. The fourth-order valence-electron chi connectivity index (χ4n) is 5.00. The maximum Gasteiger partial charge on any atom is 0.343 e. The van der Waals surface area contributed by atoms with Crippen molar-refractivity contribution in [2.24, 2.45) is 0 Å². The predicted octanol–water partition coefficient (Wildman–Crippen LogP) is 3.11. The molecule has 0 radical (unpaired) electrons. The molecule has 0 saturated heterocycles. The molecule has 0 amide bonds. The number of esters is 1. The number of hydrogen-bond acceptors (Lipinski definition) is 7. The lowest BCUT2D eigenvalue weighted by Gasteiger charge is -2.31. The lowest BCUT2D eigenvalue weighted by molar-refractivity contribution is -0.172. The van der Waals surface area contributed by atoms with Crippen LogP contribution < -0.4 is 16.2 Å². The molecule has 1 atom stereocenters. The van der Waals surface area contributed by atoms with Gasteiger partial charge in [0.1, 0.15) is 6.61 Å².